The van der Waals surface area contributed by atoms with Gasteiger partial charge in [0.05, 0.1) is 0 Å². The first-order chi connectivity index (χ1) is 13.3. The molecule has 0 aliphatic rings. The lowest BCUT2D eigenvalue weighted by Gasteiger charge is -2.08. The van der Waals surface area contributed by atoms with E-state index in [-0.39, 0.29) is 12.4 Å². The summed E-state index contributed by atoms with van der Waals surface area (Å²) in [6.45, 7) is 2.82. The molecule has 0 saturated carbocycles. The topological polar surface area (TPSA) is 92.3 Å². The minimum Gasteiger partial charge on any atom is -0.356 e. The van der Waals surface area contributed by atoms with Gasteiger partial charge in [-0.05, 0) is 32.9 Å². The molecular weight excluding hydrogens is 414 g/mol. The standard InChI is InChI=1S/C18H17N7S2.ClH/c1-2-26-18-23-22-17(27-18)19-11-12-7-9-13(10-8-12)14-5-3-4-6-15(14)16-20-24-25-21-16;/h3-10H,2,11H2,1H3,(H,19,22)(H,20,21,24,25);1H. The van der Waals surface area contributed by atoms with Crippen LogP contribution in [0.1, 0.15) is 12.5 Å². The van der Waals surface area contributed by atoms with E-state index in [0.29, 0.717) is 12.4 Å². The molecule has 0 atom stereocenters. The quantitative estimate of drug-likeness (QED) is 0.415. The summed E-state index contributed by atoms with van der Waals surface area (Å²) < 4.78 is 0.994. The second kappa shape index (κ2) is 9.63. The summed E-state index contributed by atoms with van der Waals surface area (Å²) in [4.78, 5) is 0. The number of anilines is 1. The number of aromatic amines is 1. The minimum absolute atomic E-state index is 0. The maximum atomic E-state index is 4.17. The largest absolute Gasteiger partial charge is 0.356 e. The molecule has 2 heterocycles. The summed E-state index contributed by atoms with van der Waals surface area (Å²) in [5, 5.41) is 26.7. The predicted octanol–water partition coefficient (Wildman–Crippen LogP) is 4.53. The third-order valence-electron chi connectivity index (χ3n) is 3.91. The monoisotopic (exact) mass is 431 g/mol. The molecule has 144 valence electrons. The molecule has 2 aromatic heterocycles. The highest BCUT2D eigenvalue weighted by Crippen LogP contribution is 2.30. The molecule has 0 saturated heterocycles. The normalized spacial score (nSPS) is 10.5. The zero-order valence-electron chi connectivity index (χ0n) is 15.0. The Hall–Kier alpha value is -2.49. The third kappa shape index (κ3) is 4.67. The highest BCUT2D eigenvalue weighted by atomic mass is 35.5. The summed E-state index contributed by atoms with van der Waals surface area (Å²) in [5.41, 5.74) is 4.35. The van der Waals surface area contributed by atoms with Crippen molar-refractivity contribution in [2.24, 2.45) is 0 Å². The average molecular weight is 432 g/mol. The van der Waals surface area contributed by atoms with Crippen molar-refractivity contribution in [3.8, 4) is 22.5 Å². The number of nitrogens with zero attached hydrogens (tertiary/aromatic N) is 5. The Morgan fingerprint density at radius 3 is 2.50 bits per heavy atom. The maximum Gasteiger partial charge on any atom is 0.206 e. The van der Waals surface area contributed by atoms with Gasteiger partial charge >= 0.3 is 0 Å². The van der Waals surface area contributed by atoms with E-state index in [0.717, 1.165) is 31.9 Å². The molecule has 0 fully saturated rings. The fourth-order valence-electron chi connectivity index (χ4n) is 2.66. The molecule has 0 unspecified atom stereocenters. The van der Waals surface area contributed by atoms with E-state index in [1.807, 2.05) is 18.2 Å². The van der Waals surface area contributed by atoms with Crippen LogP contribution in [0.5, 0.6) is 0 Å². The number of hydrogen-bond donors (Lipinski definition) is 2. The van der Waals surface area contributed by atoms with Gasteiger partial charge in [0.1, 0.15) is 0 Å². The molecule has 0 spiro atoms. The zero-order valence-corrected chi connectivity index (χ0v) is 17.4. The first kappa shape index (κ1) is 20.2. The van der Waals surface area contributed by atoms with Crippen molar-refractivity contribution >= 4 is 40.6 Å². The zero-order chi connectivity index (χ0) is 18.5. The lowest BCUT2D eigenvalue weighted by molar-refractivity contribution is 0.881. The first-order valence-corrected chi connectivity index (χ1v) is 10.3. The van der Waals surface area contributed by atoms with Crippen LogP contribution in [-0.2, 0) is 6.54 Å². The van der Waals surface area contributed by atoms with Crippen molar-refractivity contribution in [3.63, 3.8) is 0 Å². The SMILES string of the molecule is CCSc1nnc(NCc2ccc(-c3ccccc3-c3nnn[nH]3)cc2)s1.Cl. The highest BCUT2D eigenvalue weighted by molar-refractivity contribution is 8.01. The van der Waals surface area contributed by atoms with Crippen molar-refractivity contribution in [2.75, 3.05) is 11.1 Å². The summed E-state index contributed by atoms with van der Waals surface area (Å²) in [6, 6.07) is 16.5. The Kier molecular flexibility index (Phi) is 6.96. The van der Waals surface area contributed by atoms with Crippen LogP contribution < -0.4 is 5.32 Å². The van der Waals surface area contributed by atoms with Gasteiger partial charge in [-0.1, -0.05) is 78.6 Å². The number of aromatic nitrogens is 6. The van der Waals surface area contributed by atoms with Crippen molar-refractivity contribution in [1.82, 2.24) is 30.8 Å². The van der Waals surface area contributed by atoms with Gasteiger partial charge in [-0.2, -0.15) is 0 Å². The van der Waals surface area contributed by atoms with E-state index < -0.39 is 0 Å². The van der Waals surface area contributed by atoms with E-state index in [9.17, 15) is 0 Å². The highest BCUT2D eigenvalue weighted by Gasteiger charge is 2.10. The molecule has 0 aliphatic carbocycles. The second-order valence-corrected chi connectivity index (χ2v) is 8.14. The van der Waals surface area contributed by atoms with Crippen molar-refractivity contribution in [3.05, 3.63) is 54.1 Å². The van der Waals surface area contributed by atoms with Crippen molar-refractivity contribution < 1.29 is 0 Å². The van der Waals surface area contributed by atoms with Crippen molar-refractivity contribution in [1.29, 1.82) is 0 Å². The van der Waals surface area contributed by atoms with Gasteiger partial charge in [-0.25, -0.2) is 5.10 Å². The van der Waals surface area contributed by atoms with Gasteiger partial charge in [0.25, 0.3) is 0 Å². The molecule has 7 nitrogen and oxygen atoms in total. The van der Waals surface area contributed by atoms with Crippen LogP contribution in [0.15, 0.2) is 52.9 Å². The molecule has 0 bridgehead atoms. The number of benzene rings is 2. The molecule has 28 heavy (non-hydrogen) atoms. The van der Waals surface area contributed by atoms with E-state index in [1.165, 1.54) is 5.56 Å². The summed E-state index contributed by atoms with van der Waals surface area (Å²) in [6.07, 6.45) is 0. The minimum atomic E-state index is 0. The van der Waals surface area contributed by atoms with E-state index in [1.54, 1.807) is 23.1 Å². The Balaban J connectivity index is 0.00000225. The van der Waals surface area contributed by atoms with Gasteiger partial charge in [-0.15, -0.1) is 27.7 Å². The first-order valence-electron chi connectivity index (χ1n) is 8.46. The van der Waals surface area contributed by atoms with E-state index in [2.05, 4.69) is 73.4 Å². The molecule has 0 radical (unpaired) electrons. The molecule has 0 amide bonds. The van der Waals surface area contributed by atoms with Gasteiger partial charge < -0.3 is 5.32 Å². The summed E-state index contributed by atoms with van der Waals surface area (Å²) in [7, 11) is 0. The van der Waals surface area contributed by atoms with Crippen LogP contribution in [-0.4, -0.2) is 36.6 Å². The lowest BCUT2D eigenvalue weighted by Crippen LogP contribution is -1.98. The number of thioether (sulfide) groups is 1. The fraction of sp³-hybridized carbons (Fsp3) is 0.167. The number of halogens is 1. The molecular formula is C18H18ClN7S2. The molecule has 4 rings (SSSR count). The molecule has 10 heteroatoms. The molecule has 2 aromatic carbocycles. The van der Waals surface area contributed by atoms with Crippen LogP contribution in [0.4, 0.5) is 5.13 Å². The number of tetrazole rings is 1. The molecule has 2 N–H and O–H groups in total. The number of rotatable bonds is 7. The van der Waals surface area contributed by atoms with Gasteiger partial charge in [0.2, 0.25) is 5.13 Å². The number of H-pyrrole nitrogens is 1. The lowest BCUT2D eigenvalue weighted by atomic mass is 9.98. The Labute approximate surface area is 176 Å². The van der Waals surface area contributed by atoms with Crippen LogP contribution in [0.2, 0.25) is 0 Å². The van der Waals surface area contributed by atoms with Gasteiger partial charge in [-0.3, -0.25) is 0 Å². The van der Waals surface area contributed by atoms with E-state index >= 15 is 0 Å². The molecule has 0 aliphatic heterocycles. The van der Waals surface area contributed by atoms with E-state index in [4.69, 9.17) is 0 Å². The number of nitrogens with one attached hydrogen (secondary N) is 2. The predicted molar refractivity (Wildman–Crippen MR) is 116 cm³/mol. The Bertz CT molecular complexity index is 1000. The maximum absolute atomic E-state index is 4.17. The van der Waals surface area contributed by atoms with Crippen LogP contribution >= 0.6 is 35.5 Å². The summed E-state index contributed by atoms with van der Waals surface area (Å²) in [5.74, 6) is 1.66. The fourth-order valence-corrected chi connectivity index (χ4v) is 4.30. The second-order valence-electron chi connectivity index (χ2n) is 5.65. The molecule has 4 aromatic rings. The van der Waals surface area contributed by atoms with Crippen LogP contribution in [0.3, 0.4) is 0 Å². The average Bonchev–Trinajstić information content (AvgIpc) is 3.39. The Morgan fingerprint density at radius 2 is 1.79 bits per heavy atom. The van der Waals surface area contributed by atoms with Gasteiger partial charge in [0, 0.05) is 12.1 Å². The smallest absolute Gasteiger partial charge is 0.206 e. The van der Waals surface area contributed by atoms with Gasteiger partial charge in [0.15, 0.2) is 10.2 Å². The van der Waals surface area contributed by atoms with Crippen LogP contribution in [0, 0.1) is 0 Å². The summed E-state index contributed by atoms with van der Waals surface area (Å²) >= 11 is 3.29. The van der Waals surface area contributed by atoms with Crippen LogP contribution in [0.25, 0.3) is 22.5 Å². The number of hydrogen-bond acceptors (Lipinski definition) is 8. The Morgan fingerprint density at radius 1 is 1.00 bits per heavy atom. The third-order valence-corrected chi connectivity index (χ3v) is 5.81. The van der Waals surface area contributed by atoms with Crippen molar-refractivity contribution in [2.45, 2.75) is 17.8 Å².